The smallest absolute Gasteiger partial charge is 0.109 e. The maximum Gasteiger partial charge on any atom is 0.109 e. The van der Waals surface area contributed by atoms with E-state index in [4.69, 9.17) is 4.98 Å². The van der Waals surface area contributed by atoms with Gasteiger partial charge < -0.3 is 4.98 Å². The lowest BCUT2D eigenvalue weighted by Gasteiger charge is -2.20. The number of hydrogen-bond donors (Lipinski definition) is 1. The minimum absolute atomic E-state index is 0.0385. The van der Waals surface area contributed by atoms with Crippen molar-refractivity contribution in [1.82, 2.24) is 9.97 Å². The molecule has 0 radical (unpaired) electrons. The molecule has 0 aliphatic heterocycles. The van der Waals surface area contributed by atoms with E-state index >= 15 is 0 Å². The van der Waals surface area contributed by atoms with Gasteiger partial charge in [-0.05, 0) is 12.5 Å². The Morgan fingerprint density at radius 3 is 2.61 bits per heavy atom. The second-order valence-corrected chi connectivity index (χ2v) is 6.17. The van der Waals surface area contributed by atoms with Gasteiger partial charge in [0.15, 0.2) is 0 Å². The Bertz CT molecular complexity index is 618. The molecule has 1 aliphatic carbocycles. The van der Waals surface area contributed by atoms with Crippen molar-refractivity contribution in [1.29, 1.82) is 0 Å². The van der Waals surface area contributed by atoms with E-state index < -0.39 is 0 Å². The van der Waals surface area contributed by atoms with Crippen LogP contribution < -0.4 is 0 Å². The van der Waals surface area contributed by atoms with Gasteiger partial charge in [-0.1, -0.05) is 51.5 Å². The molecular formula is C16H20N2. The van der Waals surface area contributed by atoms with Gasteiger partial charge in [0.05, 0.1) is 11.4 Å². The molecule has 1 aromatic carbocycles. The summed E-state index contributed by atoms with van der Waals surface area (Å²) < 4.78 is 0. The molecule has 2 nitrogen and oxygen atoms in total. The molecule has 2 heteroatoms. The highest BCUT2D eigenvalue weighted by Crippen LogP contribution is 2.47. The normalized spacial score (nSPS) is 15.9. The lowest BCUT2D eigenvalue weighted by atomic mass is 9.85. The van der Waals surface area contributed by atoms with Crippen LogP contribution in [0.4, 0.5) is 0 Å². The maximum atomic E-state index is 4.80. The van der Waals surface area contributed by atoms with Crippen LogP contribution in [0.2, 0.25) is 0 Å². The van der Waals surface area contributed by atoms with Crippen molar-refractivity contribution in [3.63, 3.8) is 0 Å². The van der Waals surface area contributed by atoms with Crippen molar-refractivity contribution < 1.29 is 0 Å². The van der Waals surface area contributed by atoms with E-state index in [-0.39, 0.29) is 5.41 Å². The number of nitrogens with one attached hydrogen (secondary N) is 1. The summed E-state index contributed by atoms with van der Waals surface area (Å²) in [5, 5.41) is 0. The van der Waals surface area contributed by atoms with Crippen molar-refractivity contribution in [3.8, 4) is 11.3 Å². The monoisotopic (exact) mass is 240 g/mol. The van der Waals surface area contributed by atoms with Crippen molar-refractivity contribution in [2.75, 3.05) is 0 Å². The first-order valence-corrected chi connectivity index (χ1v) is 6.63. The van der Waals surface area contributed by atoms with Gasteiger partial charge in [-0.25, -0.2) is 4.98 Å². The minimum Gasteiger partial charge on any atom is -0.344 e. The quantitative estimate of drug-likeness (QED) is 0.797. The van der Waals surface area contributed by atoms with Gasteiger partial charge in [-0.15, -0.1) is 0 Å². The minimum atomic E-state index is 0.0385. The van der Waals surface area contributed by atoms with Crippen LogP contribution in [0.5, 0.6) is 0 Å². The number of aromatic amines is 1. The zero-order valence-electron chi connectivity index (χ0n) is 11.8. The zero-order valence-corrected chi connectivity index (χ0v) is 11.8. The summed E-state index contributed by atoms with van der Waals surface area (Å²) in [6, 6.07) is 6.68. The van der Waals surface area contributed by atoms with Gasteiger partial charge in [0.25, 0.3) is 0 Å². The fourth-order valence-electron chi connectivity index (χ4n) is 2.83. The molecule has 1 heterocycles. The number of hydrogen-bond acceptors (Lipinski definition) is 1. The van der Waals surface area contributed by atoms with Crippen LogP contribution in [-0.4, -0.2) is 9.97 Å². The van der Waals surface area contributed by atoms with Crippen LogP contribution in [0.3, 0.4) is 0 Å². The molecular weight excluding hydrogens is 220 g/mol. The first kappa shape index (κ1) is 11.5. The largest absolute Gasteiger partial charge is 0.344 e. The number of rotatable bonds is 1. The van der Waals surface area contributed by atoms with E-state index in [1.165, 1.54) is 22.4 Å². The maximum absolute atomic E-state index is 4.80. The molecule has 1 N–H and O–H groups in total. The topological polar surface area (TPSA) is 28.7 Å². The van der Waals surface area contributed by atoms with Crippen LogP contribution in [0.15, 0.2) is 18.2 Å². The van der Waals surface area contributed by atoms with Crippen LogP contribution in [0, 0.1) is 6.92 Å². The SMILES string of the molecule is Cc1ccc2c(c1)C(C)(C)c1[nH]c(C(C)C)nc1-2. The predicted molar refractivity (Wildman–Crippen MR) is 75.0 cm³/mol. The van der Waals surface area contributed by atoms with Gasteiger partial charge in [-0.3, -0.25) is 0 Å². The molecule has 0 fully saturated rings. The number of aryl methyl sites for hydroxylation is 1. The molecule has 0 atom stereocenters. The summed E-state index contributed by atoms with van der Waals surface area (Å²) in [7, 11) is 0. The number of aromatic nitrogens is 2. The summed E-state index contributed by atoms with van der Waals surface area (Å²) in [5.41, 5.74) is 6.47. The van der Waals surface area contributed by atoms with E-state index in [0.717, 1.165) is 11.5 Å². The first-order chi connectivity index (χ1) is 8.41. The second kappa shape index (κ2) is 3.47. The number of benzene rings is 1. The molecule has 0 bridgehead atoms. The van der Waals surface area contributed by atoms with Crippen molar-refractivity contribution >= 4 is 0 Å². The van der Waals surface area contributed by atoms with Gasteiger partial charge in [-0.2, -0.15) is 0 Å². The van der Waals surface area contributed by atoms with Gasteiger partial charge in [0.1, 0.15) is 5.82 Å². The summed E-state index contributed by atoms with van der Waals surface area (Å²) >= 11 is 0. The number of nitrogens with zero attached hydrogens (tertiary/aromatic N) is 1. The average Bonchev–Trinajstić information content (AvgIpc) is 2.80. The second-order valence-electron chi connectivity index (χ2n) is 6.17. The Labute approximate surface area is 108 Å². The average molecular weight is 240 g/mol. The number of fused-ring (bicyclic) bond motifs is 3. The molecule has 18 heavy (non-hydrogen) atoms. The third kappa shape index (κ3) is 1.38. The standard InChI is InChI=1S/C16H20N2/c1-9(2)15-17-13-11-7-6-10(3)8-12(11)16(4,5)14(13)18-15/h6-9H,1-5H3,(H,17,18). The number of imidazole rings is 1. The third-order valence-electron chi connectivity index (χ3n) is 4.00. The summed E-state index contributed by atoms with van der Waals surface area (Å²) in [6.07, 6.45) is 0. The molecule has 0 spiro atoms. The summed E-state index contributed by atoms with van der Waals surface area (Å²) in [4.78, 5) is 8.34. The van der Waals surface area contributed by atoms with Gasteiger partial charge >= 0.3 is 0 Å². The van der Waals surface area contributed by atoms with E-state index in [1.807, 2.05) is 0 Å². The van der Waals surface area contributed by atoms with Gasteiger partial charge in [0.2, 0.25) is 0 Å². The Morgan fingerprint density at radius 2 is 1.94 bits per heavy atom. The summed E-state index contributed by atoms with van der Waals surface area (Å²) in [5.74, 6) is 1.54. The van der Waals surface area contributed by atoms with E-state index in [2.05, 4.69) is 57.8 Å². The van der Waals surface area contributed by atoms with Gasteiger partial charge in [0, 0.05) is 16.9 Å². The van der Waals surface area contributed by atoms with E-state index in [9.17, 15) is 0 Å². The van der Waals surface area contributed by atoms with Crippen LogP contribution in [0.1, 0.15) is 56.3 Å². The van der Waals surface area contributed by atoms with Crippen LogP contribution in [-0.2, 0) is 5.41 Å². The highest BCUT2D eigenvalue weighted by atomic mass is 15.0. The molecule has 0 saturated heterocycles. The third-order valence-corrected chi connectivity index (χ3v) is 4.00. The molecule has 0 saturated carbocycles. The lowest BCUT2D eigenvalue weighted by molar-refractivity contribution is 0.632. The van der Waals surface area contributed by atoms with Crippen LogP contribution in [0.25, 0.3) is 11.3 Å². The van der Waals surface area contributed by atoms with Crippen molar-refractivity contribution in [2.45, 2.75) is 46.0 Å². The van der Waals surface area contributed by atoms with E-state index in [0.29, 0.717) is 5.92 Å². The first-order valence-electron chi connectivity index (χ1n) is 6.63. The summed E-state index contributed by atoms with van der Waals surface area (Å²) in [6.45, 7) is 11.1. The van der Waals surface area contributed by atoms with E-state index in [1.54, 1.807) is 0 Å². The molecule has 3 rings (SSSR count). The Kier molecular flexibility index (Phi) is 2.22. The molecule has 1 aromatic heterocycles. The molecule has 0 unspecified atom stereocenters. The molecule has 2 aromatic rings. The molecule has 0 amide bonds. The highest BCUT2D eigenvalue weighted by Gasteiger charge is 2.38. The predicted octanol–water partition coefficient (Wildman–Crippen LogP) is 4.15. The van der Waals surface area contributed by atoms with Crippen molar-refractivity contribution in [2.24, 2.45) is 0 Å². The van der Waals surface area contributed by atoms with Crippen molar-refractivity contribution in [3.05, 3.63) is 40.8 Å². The fraction of sp³-hybridized carbons (Fsp3) is 0.438. The zero-order chi connectivity index (χ0) is 13.1. The van der Waals surface area contributed by atoms with Crippen LogP contribution >= 0.6 is 0 Å². The molecule has 1 aliphatic rings. The molecule has 94 valence electrons. The Hall–Kier alpha value is -1.57. The fourth-order valence-corrected chi connectivity index (χ4v) is 2.83. The Balaban J connectivity index is 2.27. The number of H-pyrrole nitrogens is 1. The lowest BCUT2D eigenvalue weighted by Crippen LogP contribution is -2.16. The Morgan fingerprint density at radius 1 is 1.22 bits per heavy atom. The highest BCUT2D eigenvalue weighted by molar-refractivity contribution is 5.77.